The Balaban J connectivity index is 1.78. The molecule has 1 heterocycles. The molecule has 4 rings (SSSR count). The molecule has 0 radical (unpaired) electrons. The van der Waals surface area contributed by atoms with Gasteiger partial charge in [0, 0.05) is 27.6 Å². The first-order chi connectivity index (χ1) is 16.1. The number of anilines is 2. The normalized spacial score (nSPS) is 12.0. The summed E-state index contributed by atoms with van der Waals surface area (Å²) in [6.07, 6.45) is 0. The van der Waals surface area contributed by atoms with Crippen LogP contribution in [-0.4, -0.2) is 31.3 Å². The Hall–Kier alpha value is -3.49. The molecule has 0 saturated heterocycles. The van der Waals surface area contributed by atoms with Crippen molar-refractivity contribution in [1.82, 2.24) is 14.9 Å². The van der Waals surface area contributed by atoms with E-state index < -0.39 is 15.6 Å². The Morgan fingerprint density at radius 3 is 2.21 bits per heavy atom. The van der Waals surface area contributed by atoms with Crippen LogP contribution in [0.15, 0.2) is 71.6 Å². The molecule has 0 unspecified atom stereocenters. The third-order valence-electron chi connectivity index (χ3n) is 5.23. The Morgan fingerprint density at radius 2 is 1.56 bits per heavy atom. The van der Waals surface area contributed by atoms with Gasteiger partial charge in [-0.1, -0.05) is 36.4 Å². The second-order valence-corrected chi connectivity index (χ2v) is 10.8. The molecule has 0 aliphatic heterocycles. The quantitative estimate of drug-likeness (QED) is 0.385. The summed E-state index contributed by atoms with van der Waals surface area (Å²) < 4.78 is 34.1. The maximum atomic E-state index is 13.1. The molecule has 4 aromatic rings. The molecule has 0 atom stereocenters. The number of nitrogens with zero attached hydrogens (tertiary/aromatic N) is 2. The number of sulfonamides is 1. The number of hydrogen-bond donors (Lipinski definition) is 2. The number of nitrogens with one attached hydrogen (secondary N) is 2. The van der Waals surface area contributed by atoms with E-state index in [1.165, 1.54) is 0 Å². The first-order valence-corrected chi connectivity index (χ1v) is 12.4. The number of ether oxygens (including phenoxy) is 1. The Morgan fingerprint density at radius 1 is 0.882 bits per heavy atom. The van der Waals surface area contributed by atoms with Gasteiger partial charge in [-0.15, -0.1) is 10.2 Å². The maximum absolute atomic E-state index is 13.1. The standard InChI is InChI=1S/C26H28N4O3S/c1-17-10-11-18(16-23(17)34(31,32)30-26(2,3)4)24-21-8-6-7-9-22(21)25(29-28-24)27-19-12-14-20(33-5)15-13-19/h6-16,30H,1-5H3,(H,27,29). The van der Waals surface area contributed by atoms with Crippen LogP contribution in [0.3, 0.4) is 0 Å². The van der Waals surface area contributed by atoms with Crippen LogP contribution >= 0.6 is 0 Å². The third-order valence-corrected chi connectivity index (χ3v) is 7.13. The summed E-state index contributed by atoms with van der Waals surface area (Å²) in [6.45, 7) is 7.23. The summed E-state index contributed by atoms with van der Waals surface area (Å²) in [7, 11) is -2.08. The second-order valence-electron chi connectivity index (χ2n) is 9.13. The number of methoxy groups -OCH3 is 1. The number of benzene rings is 3. The predicted octanol–water partition coefficient (Wildman–Crippen LogP) is 5.43. The van der Waals surface area contributed by atoms with Crippen LogP contribution in [0, 0.1) is 6.92 Å². The van der Waals surface area contributed by atoms with E-state index in [1.807, 2.05) is 75.4 Å². The second kappa shape index (κ2) is 9.04. The van der Waals surface area contributed by atoms with Gasteiger partial charge in [0.05, 0.1) is 12.0 Å². The minimum Gasteiger partial charge on any atom is -0.497 e. The van der Waals surface area contributed by atoms with Crippen molar-refractivity contribution in [2.24, 2.45) is 0 Å². The van der Waals surface area contributed by atoms with Crippen LogP contribution in [0.5, 0.6) is 5.75 Å². The van der Waals surface area contributed by atoms with E-state index in [9.17, 15) is 8.42 Å². The third kappa shape index (κ3) is 5.03. The van der Waals surface area contributed by atoms with Gasteiger partial charge in [0.15, 0.2) is 5.82 Å². The number of hydrogen-bond acceptors (Lipinski definition) is 6. The van der Waals surface area contributed by atoms with E-state index in [0.717, 1.165) is 22.2 Å². The summed E-state index contributed by atoms with van der Waals surface area (Å²) in [4.78, 5) is 0.228. The van der Waals surface area contributed by atoms with Gasteiger partial charge in [0.1, 0.15) is 11.4 Å². The molecule has 0 fully saturated rings. The van der Waals surface area contributed by atoms with Crippen molar-refractivity contribution in [2.45, 2.75) is 38.1 Å². The lowest BCUT2D eigenvalue weighted by atomic mass is 10.0. The van der Waals surface area contributed by atoms with Crippen molar-refractivity contribution < 1.29 is 13.2 Å². The minimum absolute atomic E-state index is 0.228. The molecule has 2 N–H and O–H groups in total. The molecular weight excluding hydrogens is 448 g/mol. The first-order valence-electron chi connectivity index (χ1n) is 10.9. The Labute approximate surface area is 200 Å². The zero-order chi connectivity index (χ0) is 24.5. The average molecular weight is 477 g/mol. The molecule has 0 saturated carbocycles. The van der Waals surface area contributed by atoms with Gasteiger partial charge in [-0.25, -0.2) is 13.1 Å². The molecule has 34 heavy (non-hydrogen) atoms. The highest BCUT2D eigenvalue weighted by Crippen LogP contribution is 2.33. The summed E-state index contributed by atoms with van der Waals surface area (Å²) in [5, 5.41) is 14.0. The van der Waals surface area contributed by atoms with Crippen molar-refractivity contribution in [3.05, 3.63) is 72.3 Å². The Bertz CT molecular complexity index is 1440. The Kier molecular flexibility index (Phi) is 6.29. The van der Waals surface area contributed by atoms with Gasteiger partial charge in [0.25, 0.3) is 0 Å². The lowest BCUT2D eigenvalue weighted by Crippen LogP contribution is -2.40. The maximum Gasteiger partial charge on any atom is 0.241 e. The highest BCUT2D eigenvalue weighted by molar-refractivity contribution is 7.89. The van der Waals surface area contributed by atoms with Gasteiger partial charge >= 0.3 is 0 Å². The van der Waals surface area contributed by atoms with Crippen LogP contribution in [-0.2, 0) is 10.0 Å². The molecule has 176 valence electrons. The SMILES string of the molecule is COc1ccc(Nc2nnc(-c3ccc(C)c(S(=O)(=O)NC(C)(C)C)c3)c3ccccc23)cc1. The number of aryl methyl sites for hydroxylation is 1. The van der Waals surface area contributed by atoms with Gasteiger partial charge in [-0.3, -0.25) is 0 Å². The van der Waals surface area contributed by atoms with E-state index in [1.54, 1.807) is 26.2 Å². The minimum atomic E-state index is -3.71. The van der Waals surface area contributed by atoms with E-state index in [2.05, 4.69) is 20.2 Å². The van der Waals surface area contributed by atoms with Crippen LogP contribution < -0.4 is 14.8 Å². The summed E-state index contributed by atoms with van der Waals surface area (Å²) in [5.74, 6) is 1.38. The zero-order valence-electron chi connectivity index (χ0n) is 19.9. The van der Waals surface area contributed by atoms with Gasteiger partial charge < -0.3 is 10.1 Å². The van der Waals surface area contributed by atoms with Crippen molar-refractivity contribution >= 4 is 32.3 Å². The fraction of sp³-hybridized carbons (Fsp3) is 0.231. The molecular formula is C26H28N4O3S. The molecule has 7 nitrogen and oxygen atoms in total. The van der Waals surface area contributed by atoms with Crippen LogP contribution in [0.25, 0.3) is 22.0 Å². The number of aromatic nitrogens is 2. The summed E-state index contributed by atoms with van der Waals surface area (Å²) in [6, 6.07) is 20.7. The van der Waals surface area contributed by atoms with Gasteiger partial charge in [-0.05, 0) is 63.6 Å². The number of fused-ring (bicyclic) bond motifs is 1. The summed E-state index contributed by atoms with van der Waals surface area (Å²) in [5.41, 5.74) is 2.21. The molecule has 0 amide bonds. The van der Waals surface area contributed by atoms with E-state index >= 15 is 0 Å². The zero-order valence-corrected chi connectivity index (χ0v) is 20.7. The molecule has 0 spiro atoms. The van der Waals surface area contributed by atoms with Crippen molar-refractivity contribution in [3.8, 4) is 17.0 Å². The van der Waals surface area contributed by atoms with Gasteiger partial charge in [-0.2, -0.15) is 0 Å². The molecule has 1 aromatic heterocycles. The van der Waals surface area contributed by atoms with E-state index in [0.29, 0.717) is 22.6 Å². The highest BCUT2D eigenvalue weighted by Gasteiger charge is 2.24. The molecule has 0 aliphatic rings. The molecule has 0 bridgehead atoms. The average Bonchev–Trinajstić information content (AvgIpc) is 2.78. The van der Waals surface area contributed by atoms with E-state index in [-0.39, 0.29) is 4.90 Å². The highest BCUT2D eigenvalue weighted by atomic mass is 32.2. The van der Waals surface area contributed by atoms with Crippen molar-refractivity contribution in [2.75, 3.05) is 12.4 Å². The molecule has 8 heteroatoms. The lowest BCUT2D eigenvalue weighted by Gasteiger charge is -2.21. The van der Waals surface area contributed by atoms with E-state index in [4.69, 9.17) is 4.74 Å². The van der Waals surface area contributed by atoms with Crippen molar-refractivity contribution in [1.29, 1.82) is 0 Å². The van der Waals surface area contributed by atoms with Crippen LogP contribution in [0.2, 0.25) is 0 Å². The monoisotopic (exact) mass is 476 g/mol. The molecule has 0 aliphatic carbocycles. The largest absolute Gasteiger partial charge is 0.497 e. The predicted molar refractivity (Wildman–Crippen MR) is 136 cm³/mol. The summed E-state index contributed by atoms with van der Waals surface area (Å²) >= 11 is 0. The van der Waals surface area contributed by atoms with Crippen LogP contribution in [0.1, 0.15) is 26.3 Å². The lowest BCUT2D eigenvalue weighted by molar-refractivity contribution is 0.415. The number of rotatable bonds is 6. The first kappa shape index (κ1) is 23.7. The fourth-order valence-corrected chi connectivity index (χ4v) is 5.41. The smallest absolute Gasteiger partial charge is 0.241 e. The van der Waals surface area contributed by atoms with Crippen LogP contribution in [0.4, 0.5) is 11.5 Å². The topological polar surface area (TPSA) is 93.2 Å². The molecule has 3 aromatic carbocycles. The fourth-order valence-electron chi connectivity index (χ4n) is 3.72. The van der Waals surface area contributed by atoms with Crippen molar-refractivity contribution in [3.63, 3.8) is 0 Å². The van der Waals surface area contributed by atoms with Gasteiger partial charge in [0.2, 0.25) is 10.0 Å².